The van der Waals surface area contributed by atoms with E-state index in [0.717, 1.165) is 5.82 Å². The Kier molecular flexibility index (Phi) is 6.30. The molecular formula is C27H30N4O4. The summed E-state index contributed by atoms with van der Waals surface area (Å²) < 4.78 is 12.7. The number of aromatic nitrogens is 3. The number of aliphatic hydroxyl groups is 1. The highest BCUT2D eigenvalue weighted by Crippen LogP contribution is 2.37. The van der Waals surface area contributed by atoms with Crippen molar-refractivity contribution in [2.45, 2.75) is 44.9 Å². The van der Waals surface area contributed by atoms with E-state index in [0.29, 0.717) is 24.6 Å². The van der Waals surface area contributed by atoms with Gasteiger partial charge in [0.25, 0.3) is 5.88 Å². The summed E-state index contributed by atoms with van der Waals surface area (Å²) in [5, 5.41) is 16.8. The molecule has 0 aliphatic carbocycles. The van der Waals surface area contributed by atoms with E-state index < -0.39 is 12.0 Å². The van der Waals surface area contributed by atoms with Crippen molar-refractivity contribution < 1.29 is 19.2 Å². The van der Waals surface area contributed by atoms with Gasteiger partial charge in [0.05, 0.1) is 19.3 Å². The number of benzene rings is 2. The van der Waals surface area contributed by atoms with Gasteiger partial charge in [0.15, 0.2) is 5.76 Å². The van der Waals surface area contributed by atoms with Gasteiger partial charge in [-0.15, -0.1) is 0 Å². The Hall–Kier alpha value is -3.65. The number of imidazole rings is 1. The van der Waals surface area contributed by atoms with Crippen molar-refractivity contribution >= 4 is 16.7 Å². The van der Waals surface area contributed by atoms with Crippen molar-refractivity contribution in [2.75, 3.05) is 13.7 Å². The molecule has 1 amide bonds. The molecular weight excluding hydrogens is 444 g/mol. The number of likely N-dealkylation sites (tertiary alicyclic amines) is 1. The second kappa shape index (κ2) is 9.54. The number of carbonyl (C=O) groups is 1. The van der Waals surface area contributed by atoms with Gasteiger partial charge in [-0.1, -0.05) is 56.3 Å². The maximum atomic E-state index is 13.8. The summed E-state index contributed by atoms with van der Waals surface area (Å²) in [6.45, 7) is 4.82. The Morgan fingerprint density at radius 2 is 2.03 bits per heavy atom. The zero-order valence-corrected chi connectivity index (χ0v) is 20.2. The molecule has 182 valence electrons. The van der Waals surface area contributed by atoms with E-state index in [4.69, 9.17) is 9.26 Å². The van der Waals surface area contributed by atoms with Gasteiger partial charge in [0, 0.05) is 38.0 Å². The number of amides is 1. The molecule has 0 spiro atoms. The fourth-order valence-electron chi connectivity index (χ4n) is 5.10. The molecule has 2 aromatic heterocycles. The molecule has 3 heterocycles. The minimum absolute atomic E-state index is 0.0334. The lowest BCUT2D eigenvalue weighted by Crippen LogP contribution is -2.38. The zero-order valence-electron chi connectivity index (χ0n) is 20.2. The van der Waals surface area contributed by atoms with Gasteiger partial charge in [-0.2, -0.15) is 0 Å². The van der Waals surface area contributed by atoms with Crippen LogP contribution in [-0.4, -0.2) is 50.4 Å². The van der Waals surface area contributed by atoms with Crippen molar-refractivity contribution in [3.8, 4) is 5.88 Å². The molecule has 1 unspecified atom stereocenters. The van der Waals surface area contributed by atoms with Crippen LogP contribution in [-0.2, 0) is 11.3 Å². The number of hydrogen-bond acceptors (Lipinski definition) is 6. The average molecular weight is 475 g/mol. The minimum Gasteiger partial charge on any atom is -0.479 e. The van der Waals surface area contributed by atoms with Gasteiger partial charge in [0.2, 0.25) is 5.91 Å². The first-order valence-electron chi connectivity index (χ1n) is 11.9. The number of carbonyl (C=O) groups excluding carboxylic acids is 1. The number of aliphatic hydroxyl groups excluding tert-OH is 1. The molecule has 35 heavy (non-hydrogen) atoms. The Labute approximate surface area is 204 Å². The lowest BCUT2D eigenvalue weighted by molar-refractivity contribution is -0.135. The summed E-state index contributed by atoms with van der Waals surface area (Å²) in [6.07, 6.45) is 3.51. The van der Waals surface area contributed by atoms with Gasteiger partial charge >= 0.3 is 0 Å². The first kappa shape index (κ1) is 23.1. The van der Waals surface area contributed by atoms with Crippen molar-refractivity contribution in [1.29, 1.82) is 0 Å². The Bertz CT molecular complexity index is 1320. The van der Waals surface area contributed by atoms with Crippen LogP contribution in [0.2, 0.25) is 0 Å². The van der Waals surface area contributed by atoms with Crippen LogP contribution < -0.4 is 4.74 Å². The summed E-state index contributed by atoms with van der Waals surface area (Å²) in [6, 6.07) is 15.9. The van der Waals surface area contributed by atoms with Crippen LogP contribution in [0.25, 0.3) is 10.8 Å². The molecule has 0 radical (unpaired) electrons. The van der Waals surface area contributed by atoms with E-state index in [9.17, 15) is 9.90 Å². The first-order chi connectivity index (χ1) is 17.0. The predicted molar refractivity (Wildman–Crippen MR) is 131 cm³/mol. The van der Waals surface area contributed by atoms with E-state index in [1.165, 1.54) is 23.4 Å². The number of rotatable bonds is 7. The van der Waals surface area contributed by atoms with Gasteiger partial charge in [-0.3, -0.25) is 4.79 Å². The lowest BCUT2D eigenvalue weighted by Gasteiger charge is -2.29. The van der Waals surface area contributed by atoms with E-state index in [2.05, 4.69) is 45.0 Å². The Morgan fingerprint density at radius 1 is 1.23 bits per heavy atom. The Balaban J connectivity index is 1.46. The van der Waals surface area contributed by atoms with E-state index in [1.807, 2.05) is 32.2 Å². The molecule has 0 saturated carbocycles. The summed E-state index contributed by atoms with van der Waals surface area (Å²) in [5.41, 5.74) is 1.17. The predicted octanol–water partition coefficient (Wildman–Crippen LogP) is 4.16. The van der Waals surface area contributed by atoms with Crippen molar-refractivity contribution in [1.82, 2.24) is 19.6 Å². The van der Waals surface area contributed by atoms with Crippen LogP contribution in [0.5, 0.6) is 5.88 Å². The number of fused-ring (bicyclic) bond motifs is 1. The second-order valence-corrected chi connectivity index (χ2v) is 9.44. The number of methoxy groups -OCH3 is 1. The minimum atomic E-state index is -0.622. The first-order valence-corrected chi connectivity index (χ1v) is 11.9. The molecule has 1 aliphatic heterocycles. The normalized spacial score (nSPS) is 18.9. The second-order valence-electron chi connectivity index (χ2n) is 9.44. The highest BCUT2D eigenvalue weighted by Gasteiger charge is 2.42. The molecule has 0 bridgehead atoms. The summed E-state index contributed by atoms with van der Waals surface area (Å²) >= 11 is 0. The average Bonchev–Trinajstić information content (AvgIpc) is 3.59. The molecule has 1 saturated heterocycles. The fourth-order valence-corrected chi connectivity index (χ4v) is 5.10. The van der Waals surface area contributed by atoms with Crippen LogP contribution in [0.15, 0.2) is 65.4 Å². The third-order valence-corrected chi connectivity index (χ3v) is 6.78. The van der Waals surface area contributed by atoms with Crippen molar-refractivity contribution in [3.05, 3.63) is 78.1 Å². The molecule has 2 aromatic carbocycles. The highest BCUT2D eigenvalue weighted by molar-refractivity contribution is 5.86. The topological polar surface area (TPSA) is 93.6 Å². The van der Waals surface area contributed by atoms with Crippen molar-refractivity contribution in [3.63, 3.8) is 0 Å². The summed E-state index contributed by atoms with van der Waals surface area (Å²) in [5.74, 6) is 0.874. The summed E-state index contributed by atoms with van der Waals surface area (Å²) in [4.78, 5) is 20.2. The number of β-amino-alcohol motifs (C(OH)–C–C–N with tert-alkyl or cyclic N) is 1. The SMILES string of the molecule is COc1cc(C(C(=O)N2C[C@H](O)C[C@H]2c2nccn2Cc2cccc3ccccc23)C(C)C)on1. The Morgan fingerprint density at radius 3 is 2.80 bits per heavy atom. The molecule has 8 heteroatoms. The quantitative estimate of drug-likeness (QED) is 0.432. The van der Waals surface area contributed by atoms with Crippen LogP contribution in [0.1, 0.15) is 49.4 Å². The lowest BCUT2D eigenvalue weighted by atomic mass is 9.91. The standard InChI is InChI=1S/C27H30N4O4/c1-17(2)25(23-14-24(34-3)29-35-23)27(33)31-16-20(32)13-22(31)26-28-11-12-30(26)15-19-9-6-8-18-7-4-5-10-21(18)19/h4-12,14,17,20,22,25,32H,13,15-16H2,1-3H3/t20-,22+,25?/m1/s1. The van der Waals surface area contributed by atoms with E-state index >= 15 is 0 Å². The van der Waals surface area contributed by atoms with Gasteiger partial charge in [0.1, 0.15) is 11.7 Å². The fraction of sp³-hybridized carbons (Fsp3) is 0.370. The number of nitrogens with zero attached hydrogens (tertiary/aromatic N) is 4. The smallest absolute Gasteiger partial charge is 0.254 e. The molecule has 1 N–H and O–H groups in total. The highest BCUT2D eigenvalue weighted by atomic mass is 16.5. The van der Waals surface area contributed by atoms with Gasteiger partial charge in [-0.05, 0) is 27.4 Å². The molecule has 4 aromatic rings. The monoisotopic (exact) mass is 474 g/mol. The zero-order chi connectivity index (χ0) is 24.5. The third kappa shape index (κ3) is 4.41. The van der Waals surface area contributed by atoms with Crippen LogP contribution in [0.4, 0.5) is 0 Å². The third-order valence-electron chi connectivity index (χ3n) is 6.78. The molecule has 5 rings (SSSR count). The molecule has 1 aliphatic rings. The number of hydrogen-bond donors (Lipinski definition) is 1. The van der Waals surface area contributed by atoms with Crippen molar-refractivity contribution in [2.24, 2.45) is 5.92 Å². The largest absolute Gasteiger partial charge is 0.479 e. The molecule has 8 nitrogen and oxygen atoms in total. The van der Waals surface area contributed by atoms with Gasteiger partial charge < -0.3 is 23.8 Å². The van der Waals surface area contributed by atoms with E-state index in [1.54, 1.807) is 17.2 Å². The molecule has 3 atom stereocenters. The van der Waals surface area contributed by atoms with Gasteiger partial charge in [-0.25, -0.2) is 4.98 Å². The number of ether oxygens (including phenoxy) is 1. The van der Waals surface area contributed by atoms with Crippen LogP contribution in [0, 0.1) is 5.92 Å². The maximum absolute atomic E-state index is 13.8. The maximum Gasteiger partial charge on any atom is 0.254 e. The summed E-state index contributed by atoms with van der Waals surface area (Å²) in [7, 11) is 1.51. The van der Waals surface area contributed by atoms with Crippen LogP contribution in [0.3, 0.4) is 0 Å². The van der Waals surface area contributed by atoms with Crippen LogP contribution >= 0.6 is 0 Å². The van der Waals surface area contributed by atoms with E-state index in [-0.39, 0.29) is 24.4 Å². The molecule has 1 fully saturated rings.